The van der Waals surface area contributed by atoms with Crippen LogP contribution in [0.1, 0.15) is 25.1 Å². The number of rotatable bonds is 5. The highest BCUT2D eigenvalue weighted by molar-refractivity contribution is 6.09. The zero-order valence-corrected chi connectivity index (χ0v) is 16.8. The Balaban J connectivity index is 0.00000210. The number of hydrogen-bond donors (Lipinski definition) is 0. The molecule has 0 atom stereocenters. The zero-order valence-electron chi connectivity index (χ0n) is 16.0. The van der Waals surface area contributed by atoms with Gasteiger partial charge in [-0.2, -0.15) is 0 Å². The summed E-state index contributed by atoms with van der Waals surface area (Å²) in [5.74, 6) is 1.46. The van der Waals surface area contributed by atoms with E-state index in [-0.39, 0.29) is 12.4 Å². The smallest absolute Gasteiger partial charge is 0.121 e. The summed E-state index contributed by atoms with van der Waals surface area (Å²) in [5.41, 5.74) is 4.70. The fraction of sp³-hybridized carbons (Fsp3) is 0.261. The van der Waals surface area contributed by atoms with Crippen molar-refractivity contribution in [3.8, 4) is 5.75 Å². The molecule has 2 heterocycles. The maximum absolute atomic E-state index is 6.06. The normalized spacial score (nSPS) is 11.1. The number of halogens is 1. The first-order valence-corrected chi connectivity index (χ1v) is 9.18. The number of ether oxygens (including phenoxy) is 1. The summed E-state index contributed by atoms with van der Waals surface area (Å²) in [5, 5.41) is 2.53. The van der Waals surface area contributed by atoms with Gasteiger partial charge < -0.3 is 9.30 Å². The highest BCUT2D eigenvalue weighted by Gasteiger charge is 2.14. The van der Waals surface area contributed by atoms with Crippen LogP contribution in [-0.4, -0.2) is 9.55 Å². The second-order valence-electron chi connectivity index (χ2n) is 7.25. The predicted molar refractivity (Wildman–Crippen MR) is 115 cm³/mol. The van der Waals surface area contributed by atoms with Crippen LogP contribution in [0.5, 0.6) is 5.75 Å². The van der Waals surface area contributed by atoms with Crippen molar-refractivity contribution in [2.45, 2.75) is 33.9 Å². The second-order valence-corrected chi connectivity index (χ2v) is 7.25. The Morgan fingerprint density at radius 2 is 1.78 bits per heavy atom. The molecule has 27 heavy (non-hydrogen) atoms. The van der Waals surface area contributed by atoms with Crippen LogP contribution in [-0.2, 0) is 13.2 Å². The van der Waals surface area contributed by atoms with E-state index in [0.29, 0.717) is 12.5 Å². The lowest BCUT2D eigenvalue weighted by Gasteiger charge is -2.12. The Hall–Kier alpha value is -2.52. The Kier molecular flexibility index (Phi) is 5.71. The van der Waals surface area contributed by atoms with Gasteiger partial charge in [-0.15, -0.1) is 12.4 Å². The van der Waals surface area contributed by atoms with E-state index in [4.69, 9.17) is 4.74 Å². The van der Waals surface area contributed by atoms with Crippen molar-refractivity contribution in [3.05, 3.63) is 72.1 Å². The largest absolute Gasteiger partial charge is 0.489 e. The molecule has 0 bridgehead atoms. The molecule has 4 heteroatoms. The summed E-state index contributed by atoms with van der Waals surface area (Å²) in [4.78, 5) is 4.52. The van der Waals surface area contributed by atoms with Crippen LogP contribution in [0.3, 0.4) is 0 Å². The fourth-order valence-corrected chi connectivity index (χ4v) is 3.59. The number of benzene rings is 2. The van der Waals surface area contributed by atoms with E-state index in [9.17, 15) is 0 Å². The number of aromatic nitrogens is 2. The average Bonchev–Trinajstić information content (AvgIpc) is 2.95. The van der Waals surface area contributed by atoms with Crippen LogP contribution in [0, 0.1) is 12.8 Å². The zero-order chi connectivity index (χ0) is 18.1. The third-order valence-corrected chi connectivity index (χ3v) is 4.72. The number of fused-ring (bicyclic) bond motifs is 3. The molecule has 0 spiro atoms. The molecule has 0 unspecified atom stereocenters. The van der Waals surface area contributed by atoms with Gasteiger partial charge in [-0.05, 0) is 36.6 Å². The predicted octanol–water partition coefficient (Wildman–Crippen LogP) is 6.15. The van der Waals surface area contributed by atoms with Crippen molar-refractivity contribution in [3.63, 3.8) is 0 Å². The summed E-state index contributed by atoms with van der Waals surface area (Å²) in [6.07, 6.45) is 1.90. The highest BCUT2D eigenvalue weighted by atomic mass is 35.5. The van der Waals surface area contributed by atoms with Gasteiger partial charge in [-0.25, -0.2) is 0 Å². The van der Waals surface area contributed by atoms with Crippen molar-refractivity contribution >= 4 is 34.2 Å². The maximum Gasteiger partial charge on any atom is 0.121 e. The molecular weight excluding hydrogens is 356 g/mol. The lowest BCUT2D eigenvalue weighted by atomic mass is 10.1. The Morgan fingerprint density at radius 3 is 2.52 bits per heavy atom. The first-order chi connectivity index (χ1) is 12.6. The van der Waals surface area contributed by atoms with Gasteiger partial charge in [0.1, 0.15) is 12.4 Å². The molecule has 0 aliphatic heterocycles. The number of pyridine rings is 1. The van der Waals surface area contributed by atoms with Crippen LogP contribution in [0.4, 0.5) is 0 Å². The molecule has 4 rings (SSSR count). The van der Waals surface area contributed by atoms with Gasteiger partial charge in [-0.1, -0.05) is 44.2 Å². The average molecular weight is 381 g/mol. The van der Waals surface area contributed by atoms with E-state index in [0.717, 1.165) is 18.0 Å². The lowest BCUT2D eigenvalue weighted by molar-refractivity contribution is 0.306. The molecule has 0 saturated heterocycles. The van der Waals surface area contributed by atoms with E-state index >= 15 is 0 Å². The third kappa shape index (κ3) is 3.79. The van der Waals surface area contributed by atoms with Gasteiger partial charge >= 0.3 is 0 Å². The van der Waals surface area contributed by atoms with Crippen LogP contribution in [0.15, 0.2) is 60.8 Å². The van der Waals surface area contributed by atoms with Crippen molar-refractivity contribution in [1.29, 1.82) is 0 Å². The molecule has 0 saturated carbocycles. The Labute approximate surface area is 166 Å². The van der Waals surface area contributed by atoms with Crippen LogP contribution >= 0.6 is 12.4 Å². The summed E-state index contributed by atoms with van der Waals surface area (Å²) >= 11 is 0. The third-order valence-electron chi connectivity index (χ3n) is 4.72. The molecule has 2 aromatic carbocycles. The lowest BCUT2D eigenvalue weighted by Crippen LogP contribution is -2.05. The first kappa shape index (κ1) is 19.2. The quantitative estimate of drug-likeness (QED) is 0.415. The van der Waals surface area contributed by atoms with Gasteiger partial charge in [0.25, 0.3) is 0 Å². The van der Waals surface area contributed by atoms with Crippen molar-refractivity contribution < 1.29 is 4.74 Å². The highest BCUT2D eigenvalue weighted by Crippen LogP contribution is 2.33. The van der Waals surface area contributed by atoms with E-state index in [2.05, 4.69) is 66.7 Å². The molecule has 0 radical (unpaired) electrons. The van der Waals surface area contributed by atoms with Gasteiger partial charge in [-0.3, -0.25) is 4.98 Å². The molecule has 0 amide bonds. The van der Waals surface area contributed by atoms with E-state index in [1.165, 1.54) is 27.4 Å². The van der Waals surface area contributed by atoms with Crippen LogP contribution in [0.2, 0.25) is 0 Å². The molecule has 140 valence electrons. The van der Waals surface area contributed by atoms with E-state index < -0.39 is 0 Å². The van der Waals surface area contributed by atoms with Crippen LogP contribution < -0.4 is 4.74 Å². The molecule has 2 aromatic heterocycles. The molecule has 0 aliphatic rings. The topological polar surface area (TPSA) is 27.1 Å². The first-order valence-electron chi connectivity index (χ1n) is 9.18. The number of nitrogens with zero attached hydrogens (tertiary/aromatic N) is 2. The maximum atomic E-state index is 6.06. The molecule has 0 fully saturated rings. The summed E-state index contributed by atoms with van der Waals surface area (Å²) < 4.78 is 8.45. The fourth-order valence-electron chi connectivity index (χ4n) is 3.59. The van der Waals surface area contributed by atoms with E-state index in [1.54, 1.807) is 0 Å². The van der Waals surface area contributed by atoms with Gasteiger partial charge in [0.2, 0.25) is 0 Å². The minimum absolute atomic E-state index is 0. The van der Waals surface area contributed by atoms with Crippen molar-refractivity contribution in [2.24, 2.45) is 5.92 Å². The van der Waals surface area contributed by atoms with Gasteiger partial charge in [0.15, 0.2) is 0 Å². The minimum Gasteiger partial charge on any atom is -0.489 e. The molecule has 3 nitrogen and oxygen atoms in total. The second kappa shape index (κ2) is 8.01. The van der Waals surface area contributed by atoms with Gasteiger partial charge in [0.05, 0.1) is 16.7 Å². The summed E-state index contributed by atoms with van der Waals surface area (Å²) in [6, 6.07) is 18.8. The Bertz CT molecular complexity index is 1050. The summed E-state index contributed by atoms with van der Waals surface area (Å²) in [7, 11) is 0. The minimum atomic E-state index is 0. The summed E-state index contributed by atoms with van der Waals surface area (Å²) in [6.45, 7) is 8.13. The number of hydrogen-bond acceptors (Lipinski definition) is 2. The monoisotopic (exact) mass is 380 g/mol. The van der Waals surface area contributed by atoms with Crippen molar-refractivity contribution in [1.82, 2.24) is 9.55 Å². The molecule has 0 N–H and O–H groups in total. The molecular formula is C23H25ClN2O. The van der Waals surface area contributed by atoms with Gasteiger partial charge in [0, 0.05) is 29.6 Å². The molecule has 0 aliphatic carbocycles. The SMILES string of the molecule is Cc1nccc2c3ccc(OCc4ccccc4)cc3n(CC(C)C)c12.Cl. The van der Waals surface area contributed by atoms with E-state index in [1.807, 2.05) is 24.4 Å². The standard InChI is InChI=1S/C23H24N2O.ClH/c1-16(2)14-25-22-13-19(26-15-18-7-5-4-6-8-18)9-10-20(22)21-11-12-24-17(3)23(21)25;/h4-13,16H,14-15H2,1-3H3;1H. The number of aryl methyl sites for hydroxylation is 1. The Morgan fingerprint density at radius 1 is 1.00 bits per heavy atom. The van der Waals surface area contributed by atoms with Crippen LogP contribution in [0.25, 0.3) is 21.8 Å². The molecule has 4 aromatic rings. The van der Waals surface area contributed by atoms with Crippen molar-refractivity contribution in [2.75, 3.05) is 0 Å².